The summed E-state index contributed by atoms with van der Waals surface area (Å²) in [6, 6.07) is 18.8. The molecular formula is C28H22F3N5O2. The number of carbonyl (C=O) groups is 2. The first kappa shape index (κ1) is 23.8. The lowest BCUT2D eigenvalue weighted by molar-refractivity contribution is -0.137. The molecule has 0 bridgehead atoms. The van der Waals surface area contributed by atoms with Gasteiger partial charge in [0.2, 0.25) is 11.9 Å². The lowest BCUT2D eigenvalue weighted by atomic mass is 10.1. The van der Waals surface area contributed by atoms with Crippen molar-refractivity contribution in [2.45, 2.75) is 25.1 Å². The number of para-hydroxylation sites is 3. The maximum Gasteiger partial charge on any atom is 0.416 e. The first-order valence-corrected chi connectivity index (χ1v) is 12.1. The third kappa shape index (κ3) is 4.17. The van der Waals surface area contributed by atoms with Crippen LogP contribution < -0.4 is 10.2 Å². The van der Waals surface area contributed by atoms with Crippen molar-refractivity contribution in [2.75, 3.05) is 16.8 Å². The molecule has 10 heteroatoms. The zero-order chi connectivity index (χ0) is 26.4. The number of carbonyl (C=O) groups excluding carboxylic acids is 2. The first-order valence-electron chi connectivity index (χ1n) is 12.1. The van der Waals surface area contributed by atoms with E-state index in [0.717, 1.165) is 28.6 Å². The maximum atomic E-state index is 13.6. The molecule has 1 atom stereocenters. The molecule has 0 fully saturated rings. The number of benzene rings is 3. The van der Waals surface area contributed by atoms with Gasteiger partial charge < -0.3 is 10.3 Å². The Balaban J connectivity index is 1.26. The number of nitrogens with zero attached hydrogens (tertiary/aromatic N) is 3. The van der Waals surface area contributed by atoms with E-state index < -0.39 is 23.7 Å². The van der Waals surface area contributed by atoms with E-state index in [2.05, 4.69) is 15.3 Å². The lowest BCUT2D eigenvalue weighted by Crippen LogP contribution is -2.33. The molecule has 2 amide bonds. The van der Waals surface area contributed by atoms with E-state index in [1.165, 1.54) is 12.1 Å². The second kappa shape index (κ2) is 9.05. The third-order valence-corrected chi connectivity index (χ3v) is 6.81. The van der Waals surface area contributed by atoms with Crippen LogP contribution in [0.3, 0.4) is 0 Å². The normalized spacial score (nSPS) is 15.4. The van der Waals surface area contributed by atoms with Gasteiger partial charge >= 0.3 is 6.18 Å². The lowest BCUT2D eigenvalue weighted by Gasteiger charge is -2.16. The highest BCUT2D eigenvalue weighted by molar-refractivity contribution is 6.05. The second-order valence-corrected chi connectivity index (χ2v) is 9.22. The van der Waals surface area contributed by atoms with Gasteiger partial charge in [-0.2, -0.15) is 13.2 Å². The first-order chi connectivity index (χ1) is 18.3. The summed E-state index contributed by atoms with van der Waals surface area (Å²) in [7, 11) is 0. The fourth-order valence-electron chi connectivity index (χ4n) is 5.04. The zero-order valence-corrected chi connectivity index (χ0v) is 20.0. The number of fused-ring (bicyclic) bond motifs is 4. The largest absolute Gasteiger partial charge is 0.416 e. The Hall–Kier alpha value is -4.60. The van der Waals surface area contributed by atoms with Gasteiger partial charge in [0, 0.05) is 29.3 Å². The van der Waals surface area contributed by atoms with Gasteiger partial charge in [-0.25, -0.2) is 4.98 Å². The number of hydrogen-bond acceptors (Lipinski definition) is 3. The van der Waals surface area contributed by atoms with E-state index >= 15 is 0 Å². The van der Waals surface area contributed by atoms with Crippen LogP contribution in [0.2, 0.25) is 0 Å². The van der Waals surface area contributed by atoms with Gasteiger partial charge in [-0.15, -0.1) is 0 Å². The van der Waals surface area contributed by atoms with E-state index in [1.807, 2.05) is 54.7 Å². The second-order valence-electron chi connectivity index (χ2n) is 9.22. The molecule has 5 aromatic rings. The molecule has 3 aromatic carbocycles. The Labute approximate surface area is 214 Å². The number of anilines is 2. The molecule has 0 spiro atoms. The van der Waals surface area contributed by atoms with Crippen LogP contribution in [0.1, 0.15) is 23.6 Å². The Morgan fingerprint density at radius 2 is 1.82 bits per heavy atom. The molecule has 0 saturated heterocycles. The van der Waals surface area contributed by atoms with Gasteiger partial charge in [0.25, 0.3) is 5.91 Å². The molecular weight excluding hydrogens is 495 g/mol. The minimum Gasteiger partial charge on any atom is -0.361 e. The predicted octanol–water partition coefficient (Wildman–Crippen LogP) is 5.70. The summed E-state index contributed by atoms with van der Waals surface area (Å²) in [5.41, 5.74) is 2.62. The van der Waals surface area contributed by atoms with Crippen LogP contribution in [0.15, 0.2) is 79.0 Å². The number of nitrogens with one attached hydrogen (secondary N) is 2. The van der Waals surface area contributed by atoms with Crippen LogP contribution in [0.4, 0.5) is 24.8 Å². The molecule has 1 aliphatic rings. The van der Waals surface area contributed by atoms with Crippen molar-refractivity contribution < 1.29 is 22.8 Å². The summed E-state index contributed by atoms with van der Waals surface area (Å²) < 4.78 is 41.0. The van der Waals surface area contributed by atoms with Crippen molar-refractivity contribution in [3.8, 4) is 0 Å². The number of imidazole rings is 1. The molecule has 38 heavy (non-hydrogen) atoms. The number of aromatic amines is 1. The molecule has 0 unspecified atom stereocenters. The standard InChI is InChI=1S/C28H22F3N5O2/c29-28(30,31)18-6-5-7-19(14-18)33-25(37)15-24-26(38)35(27-34-22-10-3-4-11-23(22)36(24)27)13-12-17-16-32-21-9-2-1-8-20(17)21/h1-11,14,16,24,32H,12-13,15H2,(H,33,37)/t24-/m1/s1. The van der Waals surface area contributed by atoms with Crippen molar-refractivity contribution >= 4 is 45.4 Å². The van der Waals surface area contributed by atoms with Crippen molar-refractivity contribution in [3.63, 3.8) is 0 Å². The fraction of sp³-hybridized carbons (Fsp3) is 0.179. The number of amides is 2. The molecule has 7 nitrogen and oxygen atoms in total. The summed E-state index contributed by atoms with van der Waals surface area (Å²) >= 11 is 0. The molecule has 1 aliphatic heterocycles. The molecule has 3 heterocycles. The average molecular weight is 518 g/mol. The van der Waals surface area contributed by atoms with Crippen LogP contribution in [-0.4, -0.2) is 32.9 Å². The number of halogens is 3. The number of rotatable bonds is 6. The quantitative estimate of drug-likeness (QED) is 0.303. The molecule has 192 valence electrons. The predicted molar refractivity (Wildman–Crippen MR) is 138 cm³/mol. The van der Waals surface area contributed by atoms with Gasteiger partial charge in [0.05, 0.1) is 23.0 Å². The minimum absolute atomic E-state index is 0.0159. The van der Waals surface area contributed by atoms with Gasteiger partial charge in [0.15, 0.2) is 0 Å². The highest BCUT2D eigenvalue weighted by Crippen LogP contribution is 2.37. The highest BCUT2D eigenvalue weighted by atomic mass is 19.4. The molecule has 0 saturated carbocycles. The maximum absolute atomic E-state index is 13.6. The van der Waals surface area contributed by atoms with Gasteiger partial charge in [-0.05, 0) is 48.4 Å². The van der Waals surface area contributed by atoms with E-state index in [-0.39, 0.29) is 18.0 Å². The van der Waals surface area contributed by atoms with Crippen LogP contribution >= 0.6 is 0 Å². The molecule has 2 N–H and O–H groups in total. The summed E-state index contributed by atoms with van der Waals surface area (Å²) in [5.74, 6) is -0.393. The van der Waals surface area contributed by atoms with E-state index in [4.69, 9.17) is 0 Å². The number of H-pyrrole nitrogens is 1. The van der Waals surface area contributed by atoms with Crippen LogP contribution in [0.5, 0.6) is 0 Å². The Kier molecular flexibility index (Phi) is 5.67. The zero-order valence-electron chi connectivity index (χ0n) is 20.0. The Morgan fingerprint density at radius 3 is 2.66 bits per heavy atom. The van der Waals surface area contributed by atoms with Crippen LogP contribution in [-0.2, 0) is 22.2 Å². The summed E-state index contributed by atoms with van der Waals surface area (Å²) in [6.07, 6.45) is -2.28. The molecule has 6 rings (SSSR count). The Bertz CT molecular complexity index is 1690. The summed E-state index contributed by atoms with van der Waals surface area (Å²) in [6.45, 7) is 0.357. The van der Waals surface area contributed by atoms with Crippen molar-refractivity contribution in [2.24, 2.45) is 0 Å². The van der Waals surface area contributed by atoms with Crippen LogP contribution in [0, 0.1) is 0 Å². The number of alkyl halides is 3. The molecule has 0 aliphatic carbocycles. The molecule has 2 aromatic heterocycles. The van der Waals surface area contributed by atoms with E-state index in [9.17, 15) is 22.8 Å². The number of aromatic nitrogens is 3. The van der Waals surface area contributed by atoms with Gasteiger partial charge in [-0.3, -0.25) is 19.1 Å². The minimum atomic E-state index is -4.53. The monoisotopic (exact) mass is 517 g/mol. The topological polar surface area (TPSA) is 83.0 Å². The van der Waals surface area contributed by atoms with Gasteiger partial charge in [-0.1, -0.05) is 36.4 Å². The van der Waals surface area contributed by atoms with Crippen molar-refractivity contribution in [3.05, 3.63) is 90.1 Å². The fourth-order valence-corrected chi connectivity index (χ4v) is 5.04. The van der Waals surface area contributed by atoms with Crippen molar-refractivity contribution in [1.82, 2.24) is 14.5 Å². The molecule has 0 radical (unpaired) electrons. The summed E-state index contributed by atoms with van der Waals surface area (Å²) in [5, 5.41) is 3.59. The third-order valence-electron chi connectivity index (χ3n) is 6.81. The SMILES string of the molecule is O=C(C[C@@H]1C(=O)N(CCc2c[nH]c3ccccc23)c2nc3ccccc3n21)Nc1cccc(C(F)(F)F)c1. The number of hydrogen-bond donors (Lipinski definition) is 2. The van der Waals surface area contributed by atoms with Gasteiger partial charge in [0.1, 0.15) is 6.04 Å². The van der Waals surface area contributed by atoms with E-state index in [0.29, 0.717) is 29.9 Å². The van der Waals surface area contributed by atoms with E-state index in [1.54, 1.807) is 9.47 Å². The van der Waals surface area contributed by atoms with Crippen LogP contribution in [0.25, 0.3) is 21.9 Å². The highest BCUT2D eigenvalue weighted by Gasteiger charge is 2.40. The average Bonchev–Trinajstić information content (AvgIpc) is 3.55. The van der Waals surface area contributed by atoms with Crippen molar-refractivity contribution in [1.29, 1.82) is 0 Å². The Morgan fingerprint density at radius 1 is 1.03 bits per heavy atom. The summed E-state index contributed by atoms with van der Waals surface area (Å²) in [4.78, 5) is 36.0. The smallest absolute Gasteiger partial charge is 0.361 e.